The molecule has 1 aromatic heterocycles. The number of ether oxygens (including phenoxy) is 5. The lowest BCUT2D eigenvalue weighted by molar-refractivity contribution is -0.143. The molecule has 1 aliphatic rings. The molecule has 2 aromatic carbocycles. The van der Waals surface area contributed by atoms with E-state index in [-0.39, 0.29) is 24.3 Å². The molecule has 0 spiro atoms. The Hall–Kier alpha value is -4.23. The molecule has 1 atom stereocenters. The number of hydrogen-bond acceptors (Lipinski definition) is 11. The van der Waals surface area contributed by atoms with E-state index >= 15 is 0 Å². The highest BCUT2D eigenvalue weighted by Crippen LogP contribution is 2.36. The Kier molecular flexibility index (Phi) is 10.2. The predicted octanol–water partition coefficient (Wildman–Crippen LogP) is 3.44. The zero-order valence-electron chi connectivity index (χ0n) is 24.1. The summed E-state index contributed by atoms with van der Waals surface area (Å²) in [6.45, 7) is 6.61. The highest BCUT2D eigenvalue weighted by atomic mass is 79.9. The molecule has 0 saturated heterocycles. The second kappa shape index (κ2) is 13.8. The van der Waals surface area contributed by atoms with Crippen molar-refractivity contribution in [2.75, 3.05) is 26.9 Å². The molecule has 4 rings (SSSR count). The third kappa shape index (κ3) is 7.05. The average Bonchev–Trinajstić information content (AvgIpc) is 3.26. The van der Waals surface area contributed by atoms with Crippen LogP contribution in [-0.4, -0.2) is 49.4 Å². The predicted molar refractivity (Wildman–Crippen MR) is 161 cm³/mol. The number of esters is 3. The zero-order chi connectivity index (χ0) is 31.3. The monoisotopic (exact) mass is 672 g/mol. The van der Waals surface area contributed by atoms with Gasteiger partial charge in [-0.05, 0) is 78.2 Å². The van der Waals surface area contributed by atoms with Crippen molar-refractivity contribution in [3.05, 3.63) is 83.0 Å². The van der Waals surface area contributed by atoms with Gasteiger partial charge in [0.2, 0.25) is 0 Å². The van der Waals surface area contributed by atoms with Crippen LogP contribution in [0.4, 0.5) is 0 Å². The maximum atomic E-state index is 13.9. The largest absolute Gasteiger partial charge is 0.490 e. The molecule has 3 aromatic rings. The molecular formula is C30H29BrN2O9S. The highest BCUT2D eigenvalue weighted by Gasteiger charge is 2.34. The van der Waals surface area contributed by atoms with E-state index < -0.39 is 23.9 Å². The summed E-state index contributed by atoms with van der Waals surface area (Å²) in [6, 6.07) is 9.16. The molecule has 0 unspecified atom stereocenters. The number of aromatic nitrogens is 1. The molecule has 1 aliphatic heterocycles. The summed E-state index contributed by atoms with van der Waals surface area (Å²) >= 11 is 4.57. The second-order valence-corrected chi connectivity index (χ2v) is 11.0. The molecule has 0 saturated carbocycles. The first-order valence-electron chi connectivity index (χ1n) is 13.2. The van der Waals surface area contributed by atoms with E-state index in [9.17, 15) is 19.2 Å². The van der Waals surface area contributed by atoms with E-state index in [0.717, 1.165) is 0 Å². The average molecular weight is 674 g/mol. The summed E-state index contributed by atoms with van der Waals surface area (Å²) in [5, 5.41) is 0. The molecule has 0 bridgehead atoms. The molecule has 0 amide bonds. The summed E-state index contributed by atoms with van der Waals surface area (Å²) in [6.07, 6.45) is 1.70. The number of benzene rings is 2. The number of allylic oxidation sites excluding steroid dienone is 1. The number of thiazole rings is 1. The van der Waals surface area contributed by atoms with E-state index in [2.05, 4.69) is 25.7 Å². The third-order valence-corrected chi connectivity index (χ3v) is 7.78. The zero-order valence-corrected chi connectivity index (χ0v) is 26.5. The number of halogens is 1. The fourth-order valence-corrected chi connectivity index (χ4v) is 5.90. The van der Waals surface area contributed by atoms with E-state index in [1.54, 1.807) is 63.2 Å². The van der Waals surface area contributed by atoms with Gasteiger partial charge >= 0.3 is 17.9 Å². The Morgan fingerprint density at radius 1 is 1.05 bits per heavy atom. The minimum atomic E-state index is -0.885. The first-order chi connectivity index (χ1) is 20.6. The number of rotatable bonds is 10. The summed E-state index contributed by atoms with van der Waals surface area (Å²) in [7, 11) is 1.26. The van der Waals surface area contributed by atoms with Gasteiger partial charge in [0.15, 0.2) is 22.9 Å². The van der Waals surface area contributed by atoms with Crippen LogP contribution in [-0.2, 0) is 23.9 Å². The van der Waals surface area contributed by atoms with Crippen molar-refractivity contribution < 1.29 is 38.1 Å². The Bertz CT molecular complexity index is 1790. The number of nitrogens with zero attached hydrogens (tertiary/aromatic N) is 2. The van der Waals surface area contributed by atoms with Gasteiger partial charge in [0, 0.05) is 6.92 Å². The smallest absolute Gasteiger partial charge is 0.343 e. The van der Waals surface area contributed by atoms with Gasteiger partial charge in [-0.25, -0.2) is 14.6 Å². The summed E-state index contributed by atoms with van der Waals surface area (Å²) in [5.41, 5.74) is 1.48. The lowest BCUT2D eigenvalue weighted by atomic mass is 9.95. The fraction of sp³-hybridized carbons (Fsp3) is 0.300. The lowest BCUT2D eigenvalue weighted by Crippen LogP contribution is -2.40. The van der Waals surface area contributed by atoms with Crippen LogP contribution >= 0.6 is 27.3 Å². The molecule has 0 fully saturated rings. The Labute approximate surface area is 259 Å². The SMILES string of the molecule is CCOC(=O)C1=C(C)N=c2s/c(=C/c3ccc(OC(C)=O)c(Br)c3)c(=O)n2[C@H]1c1ccc(OCC(=O)OC)c(OCC)c1. The molecule has 13 heteroatoms. The third-order valence-electron chi connectivity index (χ3n) is 6.18. The normalized spacial score (nSPS) is 14.5. The van der Waals surface area contributed by atoms with Crippen LogP contribution < -0.4 is 29.1 Å². The van der Waals surface area contributed by atoms with Crippen molar-refractivity contribution in [3.8, 4) is 17.2 Å². The Morgan fingerprint density at radius 3 is 2.44 bits per heavy atom. The minimum Gasteiger partial charge on any atom is -0.490 e. The van der Waals surface area contributed by atoms with Crippen molar-refractivity contribution in [3.63, 3.8) is 0 Å². The van der Waals surface area contributed by atoms with Crippen LogP contribution in [0.15, 0.2) is 61.9 Å². The molecular weight excluding hydrogens is 644 g/mol. The van der Waals surface area contributed by atoms with E-state index in [0.29, 0.717) is 54.5 Å². The van der Waals surface area contributed by atoms with Crippen molar-refractivity contribution in [1.29, 1.82) is 0 Å². The molecule has 2 heterocycles. The topological polar surface area (TPSA) is 132 Å². The van der Waals surface area contributed by atoms with Gasteiger partial charge in [0.05, 0.1) is 46.6 Å². The quantitative estimate of drug-likeness (QED) is 0.235. The van der Waals surface area contributed by atoms with Crippen LogP contribution in [0.2, 0.25) is 0 Å². The van der Waals surface area contributed by atoms with Crippen LogP contribution in [0, 0.1) is 0 Å². The Morgan fingerprint density at radius 2 is 1.79 bits per heavy atom. The van der Waals surface area contributed by atoms with E-state index in [1.807, 2.05) is 0 Å². The van der Waals surface area contributed by atoms with Gasteiger partial charge in [0.25, 0.3) is 5.56 Å². The fourth-order valence-electron chi connectivity index (χ4n) is 4.38. The van der Waals surface area contributed by atoms with Gasteiger partial charge < -0.3 is 23.7 Å². The van der Waals surface area contributed by atoms with Crippen molar-refractivity contribution >= 4 is 51.3 Å². The molecule has 11 nitrogen and oxygen atoms in total. The maximum absolute atomic E-state index is 13.9. The van der Waals surface area contributed by atoms with Gasteiger partial charge in [-0.3, -0.25) is 14.2 Å². The first kappa shape index (κ1) is 31.7. The van der Waals surface area contributed by atoms with Gasteiger partial charge in [0.1, 0.15) is 5.75 Å². The minimum absolute atomic E-state index is 0.134. The number of carbonyl (C=O) groups is 3. The molecule has 226 valence electrons. The Balaban J connectivity index is 1.87. The molecule has 0 radical (unpaired) electrons. The standard InChI is InChI=1S/C30H29BrN2O9S/c1-6-39-23-14-19(9-11-22(23)41-15-25(35)38-5)27-26(29(37)40-7-2)16(3)32-30-33(27)28(36)24(43-30)13-18-8-10-21(20(31)12-18)42-17(4)34/h8-14,27H,6-7,15H2,1-5H3/b24-13+/t27-/m0/s1. The first-order valence-corrected chi connectivity index (χ1v) is 14.8. The van der Waals surface area contributed by atoms with E-state index in [1.165, 1.54) is 29.9 Å². The van der Waals surface area contributed by atoms with Crippen molar-refractivity contribution in [2.45, 2.75) is 33.7 Å². The molecule has 0 aliphatic carbocycles. The molecule has 0 N–H and O–H groups in total. The second-order valence-electron chi connectivity index (χ2n) is 9.09. The van der Waals surface area contributed by atoms with Crippen LogP contribution in [0.3, 0.4) is 0 Å². The summed E-state index contributed by atoms with van der Waals surface area (Å²) in [5.74, 6) is -0.645. The lowest BCUT2D eigenvalue weighted by Gasteiger charge is -2.25. The maximum Gasteiger partial charge on any atom is 0.343 e. The van der Waals surface area contributed by atoms with Crippen LogP contribution in [0.25, 0.3) is 6.08 Å². The van der Waals surface area contributed by atoms with Crippen molar-refractivity contribution in [1.82, 2.24) is 4.57 Å². The van der Waals surface area contributed by atoms with Gasteiger partial charge in [-0.15, -0.1) is 0 Å². The number of methoxy groups -OCH3 is 1. The van der Waals surface area contributed by atoms with Crippen molar-refractivity contribution in [2.24, 2.45) is 4.99 Å². The van der Waals surface area contributed by atoms with E-state index in [4.69, 9.17) is 18.9 Å². The van der Waals surface area contributed by atoms with Gasteiger partial charge in [-0.2, -0.15) is 0 Å². The summed E-state index contributed by atoms with van der Waals surface area (Å²) in [4.78, 5) is 55.2. The number of hydrogen-bond donors (Lipinski definition) is 0. The summed E-state index contributed by atoms with van der Waals surface area (Å²) < 4.78 is 28.9. The highest BCUT2D eigenvalue weighted by molar-refractivity contribution is 9.10. The van der Waals surface area contributed by atoms with Crippen LogP contribution in [0.1, 0.15) is 44.9 Å². The number of fused-ring (bicyclic) bond motifs is 1. The van der Waals surface area contributed by atoms with Gasteiger partial charge in [-0.1, -0.05) is 23.5 Å². The molecule has 43 heavy (non-hydrogen) atoms. The number of carbonyl (C=O) groups excluding carboxylic acids is 3. The van der Waals surface area contributed by atoms with Crippen LogP contribution in [0.5, 0.6) is 17.2 Å².